The number of primary amides is 1. The monoisotopic (exact) mass is 401 g/mol. The van der Waals surface area contributed by atoms with Crippen LogP contribution in [0, 0.1) is 24.7 Å². The highest BCUT2D eigenvalue weighted by atomic mass is 16.2. The van der Waals surface area contributed by atoms with Crippen molar-refractivity contribution in [3.63, 3.8) is 0 Å². The van der Waals surface area contributed by atoms with E-state index in [4.69, 9.17) is 5.73 Å². The van der Waals surface area contributed by atoms with Crippen LogP contribution in [0.2, 0.25) is 0 Å². The lowest BCUT2D eigenvalue weighted by molar-refractivity contribution is -0.137. The van der Waals surface area contributed by atoms with Gasteiger partial charge < -0.3 is 11.1 Å². The molecule has 2 heterocycles. The maximum Gasteiger partial charge on any atom is 0.231 e. The minimum absolute atomic E-state index is 0.0706. The molecule has 4 bridgehead atoms. The van der Waals surface area contributed by atoms with E-state index in [9.17, 15) is 9.59 Å². The highest BCUT2D eigenvalue weighted by Crippen LogP contribution is 2.60. The first kappa shape index (κ1) is 19.0. The van der Waals surface area contributed by atoms with Crippen molar-refractivity contribution in [1.29, 1.82) is 0 Å². The zero-order valence-corrected chi connectivity index (χ0v) is 17.1. The van der Waals surface area contributed by atoms with Gasteiger partial charge in [-0.1, -0.05) is 0 Å². The lowest BCUT2D eigenvalue weighted by Gasteiger charge is -2.61. The smallest absolute Gasteiger partial charge is 0.231 e. The molecule has 9 heteroatoms. The molecular formula is C20H31N7O2. The first-order chi connectivity index (χ1) is 13.8. The molecule has 158 valence electrons. The maximum atomic E-state index is 13.3. The normalized spacial score (nSPS) is 38.9. The number of piperidine rings is 1. The number of likely N-dealkylation sites (tertiary alicyclic amines) is 1. The number of rotatable bonds is 5. The fraction of sp³-hybridized carbons (Fsp3) is 0.850. The lowest BCUT2D eigenvalue weighted by Crippen LogP contribution is -2.67. The Kier molecular flexibility index (Phi) is 4.42. The van der Waals surface area contributed by atoms with Crippen molar-refractivity contribution in [3.8, 4) is 0 Å². The SMILES string of the molecule is Cc1nnn(C23CC4CC(CC(NC(=O)C5CCCN(CC(N)=O)C5)(C4)C2)C3)n1. The Labute approximate surface area is 170 Å². The molecule has 1 aliphatic heterocycles. The molecule has 1 aromatic rings. The summed E-state index contributed by atoms with van der Waals surface area (Å²) in [5.74, 6) is 1.67. The van der Waals surface area contributed by atoms with E-state index in [0.717, 1.165) is 51.5 Å². The lowest BCUT2D eigenvalue weighted by atomic mass is 9.50. The van der Waals surface area contributed by atoms with Crippen molar-refractivity contribution < 1.29 is 9.59 Å². The number of carbonyl (C=O) groups is 2. The molecule has 9 nitrogen and oxygen atoms in total. The standard InChI is InChI=1S/C20H31N7O2/c1-13-23-25-27(24-13)20-8-14-5-15(9-20)7-19(6-14,12-20)22-18(29)16-3-2-4-26(10-16)11-17(21)28/h14-16H,2-12H2,1H3,(H2,21,28)(H,22,29). The van der Waals surface area contributed by atoms with Crippen LogP contribution in [0.25, 0.3) is 0 Å². The summed E-state index contributed by atoms with van der Waals surface area (Å²) in [5.41, 5.74) is 5.08. The van der Waals surface area contributed by atoms with E-state index < -0.39 is 0 Å². The molecular weight excluding hydrogens is 370 g/mol. The van der Waals surface area contributed by atoms with E-state index in [1.165, 1.54) is 6.42 Å². The predicted molar refractivity (Wildman–Crippen MR) is 104 cm³/mol. The van der Waals surface area contributed by atoms with Crippen molar-refractivity contribution in [1.82, 2.24) is 30.4 Å². The highest BCUT2D eigenvalue weighted by Gasteiger charge is 2.60. The Morgan fingerprint density at radius 1 is 1.24 bits per heavy atom. The van der Waals surface area contributed by atoms with Crippen molar-refractivity contribution in [2.75, 3.05) is 19.6 Å². The average molecular weight is 402 g/mol. The molecule has 3 N–H and O–H groups in total. The van der Waals surface area contributed by atoms with Crippen molar-refractivity contribution in [2.24, 2.45) is 23.5 Å². The third-order valence-corrected chi connectivity index (χ3v) is 7.61. The number of tetrazole rings is 1. The quantitative estimate of drug-likeness (QED) is 0.734. The second-order valence-corrected chi connectivity index (χ2v) is 10.1. The summed E-state index contributed by atoms with van der Waals surface area (Å²) in [6.07, 6.45) is 8.24. The number of nitrogens with two attached hydrogens (primary N) is 1. The van der Waals surface area contributed by atoms with Gasteiger partial charge in [-0.05, 0) is 81.9 Å². The van der Waals surface area contributed by atoms with Gasteiger partial charge in [0.05, 0.1) is 18.0 Å². The average Bonchev–Trinajstić information content (AvgIpc) is 3.07. The van der Waals surface area contributed by atoms with Crippen LogP contribution in [-0.4, -0.2) is 62.1 Å². The summed E-state index contributed by atoms with van der Waals surface area (Å²) in [6, 6.07) is 0. The molecule has 6 rings (SSSR count). The number of nitrogens with one attached hydrogen (secondary N) is 1. The predicted octanol–water partition coefficient (Wildman–Crippen LogP) is 0.343. The second kappa shape index (κ2) is 6.75. The van der Waals surface area contributed by atoms with Crippen LogP contribution in [0.3, 0.4) is 0 Å². The van der Waals surface area contributed by atoms with Gasteiger partial charge in [-0.15, -0.1) is 10.2 Å². The van der Waals surface area contributed by atoms with Crippen LogP contribution < -0.4 is 11.1 Å². The van der Waals surface area contributed by atoms with Gasteiger partial charge in [-0.3, -0.25) is 14.5 Å². The summed E-state index contributed by atoms with van der Waals surface area (Å²) in [5, 5.41) is 16.5. The number of aryl methyl sites for hydroxylation is 1. The van der Waals surface area contributed by atoms with Gasteiger partial charge in [0.15, 0.2) is 5.82 Å². The molecule has 1 saturated heterocycles. The first-order valence-electron chi connectivity index (χ1n) is 10.9. The zero-order chi connectivity index (χ0) is 20.2. The molecule has 5 fully saturated rings. The molecule has 4 aliphatic carbocycles. The summed E-state index contributed by atoms with van der Waals surface area (Å²) >= 11 is 0. The minimum Gasteiger partial charge on any atom is -0.369 e. The fourth-order valence-corrected chi connectivity index (χ4v) is 7.08. The molecule has 5 aliphatic rings. The van der Waals surface area contributed by atoms with E-state index in [1.807, 2.05) is 16.6 Å². The summed E-state index contributed by atoms with van der Waals surface area (Å²) in [6.45, 7) is 3.57. The Bertz CT molecular complexity index is 808. The van der Waals surface area contributed by atoms with Gasteiger partial charge in [-0.25, -0.2) is 0 Å². The second-order valence-electron chi connectivity index (χ2n) is 10.1. The highest BCUT2D eigenvalue weighted by molar-refractivity contribution is 5.80. The zero-order valence-electron chi connectivity index (χ0n) is 17.1. The molecule has 3 unspecified atom stereocenters. The Morgan fingerprint density at radius 2 is 2.00 bits per heavy atom. The summed E-state index contributed by atoms with van der Waals surface area (Å²) in [4.78, 5) is 28.4. The van der Waals surface area contributed by atoms with Gasteiger partial charge >= 0.3 is 0 Å². The van der Waals surface area contributed by atoms with Gasteiger partial charge in [-0.2, -0.15) is 4.80 Å². The molecule has 4 saturated carbocycles. The van der Waals surface area contributed by atoms with Gasteiger partial charge in [0.1, 0.15) is 0 Å². The number of hydrogen-bond acceptors (Lipinski definition) is 6. The Hall–Kier alpha value is -2.03. The molecule has 0 aromatic carbocycles. The third-order valence-electron chi connectivity index (χ3n) is 7.61. The van der Waals surface area contributed by atoms with E-state index in [-0.39, 0.29) is 35.4 Å². The minimum atomic E-state index is -0.329. The number of carbonyl (C=O) groups excluding carboxylic acids is 2. The third kappa shape index (κ3) is 3.43. The van der Waals surface area contributed by atoms with Crippen LogP contribution >= 0.6 is 0 Å². The van der Waals surface area contributed by atoms with Crippen molar-refractivity contribution in [3.05, 3.63) is 5.82 Å². The summed E-state index contributed by atoms with van der Waals surface area (Å²) in [7, 11) is 0. The molecule has 0 spiro atoms. The van der Waals surface area contributed by atoms with Crippen molar-refractivity contribution in [2.45, 2.75) is 69.4 Å². The fourth-order valence-electron chi connectivity index (χ4n) is 7.08. The maximum absolute atomic E-state index is 13.3. The van der Waals surface area contributed by atoms with E-state index in [0.29, 0.717) is 24.2 Å². The summed E-state index contributed by atoms with van der Waals surface area (Å²) < 4.78 is 0. The van der Waals surface area contributed by atoms with Crippen LogP contribution in [0.1, 0.15) is 57.2 Å². The van der Waals surface area contributed by atoms with Crippen LogP contribution in [0.4, 0.5) is 0 Å². The van der Waals surface area contributed by atoms with E-state index >= 15 is 0 Å². The van der Waals surface area contributed by atoms with Crippen LogP contribution in [0.5, 0.6) is 0 Å². The molecule has 3 atom stereocenters. The number of amides is 2. The van der Waals surface area contributed by atoms with Gasteiger partial charge in [0.25, 0.3) is 0 Å². The number of nitrogens with zero attached hydrogens (tertiary/aromatic N) is 5. The Morgan fingerprint density at radius 3 is 2.66 bits per heavy atom. The molecule has 0 radical (unpaired) electrons. The van der Waals surface area contributed by atoms with E-state index in [1.54, 1.807) is 0 Å². The first-order valence-corrected chi connectivity index (χ1v) is 10.9. The van der Waals surface area contributed by atoms with E-state index in [2.05, 4.69) is 20.7 Å². The van der Waals surface area contributed by atoms with Crippen LogP contribution in [-0.2, 0) is 15.1 Å². The van der Waals surface area contributed by atoms with Gasteiger partial charge in [0.2, 0.25) is 11.8 Å². The largest absolute Gasteiger partial charge is 0.369 e. The molecule has 1 aromatic heterocycles. The number of aromatic nitrogens is 4. The van der Waals surface area contributed by atoms with Crippen LogP contribution in [0.15, 0.2) is 0 Å². The molecule has 29 heavy (non-hydrogen) atoms. The number of hydrogen-bond donors (Lipinski definition) is 2. The molecule has 2 amide bonds. The van der Waals surface area contributed by atoms with Crippen molar-refractivity contribution >= 4 is 11.8 Å². The Balaban J connectivity index is 1.33. The topological polar surface area (TPSA) is 119 Å². The van der Waals surface area contributed by atoms with Gasteiger partial charge in [0, 0.05) is 12.1 Å².